The van der Waals surface area contributed by atoms with Crippen LogP contribution in [0.1, 0.15) is 19.4 Å². The molecule has 2 aromatic rings. The largest absolute Gasteiger partial charge is 0.334 e. The van der Waals surface area contributed by atoms with Crippen LogP contribution in [0, 0.1) is 5.41 Å². The molecule has 0 radical (unpaired) electrons. The average molecular weight is 260 g/mol. The second-order valence-electron chi connectivity index (χ2n) is 6.22. The smallest absolute Gasteiger partial charge is 0.0955 e. The Morgan fingerprint density at radius 3 is 2.79 bits per heavy atom. The zero-order chi connectivity index (χ0) is 14.0. The van der Waals surface area contributed by atoms with E-state index in [1.54, 1.807) is 0 Å². The first-order chi connectivity index (χ1) is 8.91. The summed E-state index contributed by atoms with van der Waals surface area (Å²) >= 11 is 0. The van der Waals surface area contributed by atoms with Crippen molar-refractivity contribution >= 4 is 11.0 Å². The average Bonchev–Trinajstić information content (AvgIpc) is 2.70. The van der Waals surface area contributed by atoms with Gasteiger partial charge in [-0.1, -0.05) is 19.9 Å². The van der Waals surface area contributed by atoms with E-state index >= 15 is 0 Å². The van der Waals surface area contributed by atoms with Crippen molar-refractivity contribution in [1.82, 2.24) is 14.5 Å². The van der Waals surface area contributed by atoms with E-state index in [1.165, 1.54) is 11.1 Å². The van der Waals surface area contributed by atoms with Crippen LogP contribution in [0.2, 0.25) is 0 Å². The third-order valence-electron chi connectivity index (χ3n) is 3.49. The molecule has 0 saturated heterocycles. The van der Waals surface area contributed by atoms with E-state index in [2.05, 4.69) is 49.0 Å². The lowest BCUT2D eigenvalue weighted by Gasteiger charge is -2.29. The fourth-order valence-corrected chi connectivity index (χ4v) is 2.44. The summed E-state index contributed by atoms with van der Waals surface area (Å²) in [7, 11) is 4.16. The van der Waals surface area contributed by atoms with Gasteiger partial charge in [0.1, 0.15) is 0 Å². The standard InChI is InChI=1S/C15H24N4/c1-15(2,9-16)10-18(3)8-12-5-6-14-13(7-12)17-11-19(14)4/h5-7,11H,8-10,16H2,1-4H3. The van der Waals surface area contributed by atoms with Crippen molar-refractivity contribution in [3.63, 3.8) is 0 Å². The molecule has 2 rings (SSSR count). The molecule has 0 aliphatic heterocycles. The number of benzene rings is 1. The maximum Gasteiger partial charge on any atom is 0.0955 e. The number of hydrogen-bond donors (Lipinski definition) is 1. The van der Waals surface area contributed by atoms with Gasteiger partial charge < -0.3 is 15.2 Å². The highest BCUT2D eigenvalue weighted by molar-refractivity contribution is 5.75. The van der Waals surface area contributed by atoms with Crippen LogP contribution in [-0.4, -0.2) is 34.6 Å². The Morgan fingerprint density at radius 2 is 2.11 bits per heavy atom. The van der Waals surface area contributed by atoms with E-state index in [0.717, 1.165) is 18.6 Å². The van der Waals surface area contributed by atoms with Gasteiger partial charge in [-0.3, -0.25) is 0 Å². The minimum atomic E-state index is 0.157. The van der Waals surface area contributed by atoms with Crippen LogP contribution in [0.15, 0.2) is 24.5 Å². The topological polar surface area (TPSA) is 47.1 Å². The molecule has 1 aromatic heterocycles. The summed E-state index contributed by atoms with van der Waals surface area (Å²) in [6, 6.07) is 6.48. The van der Waals surface area contributed by atoms with Crippen LogP contribution in [0.5, 0.6) is 0 Å². The SMILES string of the molecule is CN(Cc1ccc2c(c1)ncn2C)CC(C)(C)CN. The number of aryl methyl sites for hydroxylation is 1. The molecule has 104 valence electrons. The Balaban J connectivity index is 2.08. The molecule has 1 heterocycles. The highest BCUT2D eigenvalue weighted by Crippen LogP contribution is 2.18. The molecule has 0 aliphatic rings. The number of rotatable bonds is 5. The van der Waals surface area contributed by atoms with Crippen LogP contribution < -0.4 is 5.73 Å². The number of nitrogens with zero attached hydrogens (tertiary/aromatic N) is 3. The molecule has 0 fully saturated rings. The Morgan fingerprint density at radius 1 is 1.37 bits per heavy atom. The maximum atomic E-state index is 5.79. The van der Waals surface area contributed by atoms with Crippen LogP contribution in [0.4, 0.5) is 0 Å². The molecule has 4 heteroatoms. The summed E-state index contributed by atoms with van der Waals surface area (Å²) in [5.74, 6) is 0. The molecule has 1 aromatic carbocycles. The summed E-state index contributed by atoms with van der Waals surface area (Å²) < 4.78 is 2.04. The molecule has 0 saturated carbocycles. The van der Waals surface area contributed by atoms with Crippen molar-refractivity contribution < 1.29 is 0 Å². The van der Waals surface area contributed by atoms with Crippen LogP contribution in [0.3, 0.4) is 0 Å². The van der Waals surface area contributed by atoms with Crippen LogP contribution in [-0.2, 0) is 13.6 Å². The van der Waals surface area contributed by atoms with E-state index in [-0.39, 0.29) is 5.41 Å². The Hall–Kier alpha value is -1.39. The molecule has 0 spiro atoms. The van der Waals surface area contributed by atoms with Crippen LogP contribution >= 0.6 is 0 Å². The molecular formula is C15H24N4. The third kappa shape index (κ3) is 3.33. The lowest BCUT2D eigenvalue weighted by atomic mass is 9.93. The van der Waals surface area contributed by atoms with Gasteiger partial charge in [-0.25, -0.2) is 4.98 Å². The monoisotopic (exact) mass is 260 g/mol. The molecular weight excluding hydrogens is 236 g/mol. The van der Waals surface area contributed by atoms with E-state index < -0.39 is 0 Å². The van der Waals surface area contributed by atoms with Gasteiger partial charge in [0.2, 0.25) is 0 Å². The van der Waals surface area contributed by atoms with E-state index in [0.29, 0.717) is 6.54 Å². The first kappa shape index (κ1) is 14.0. The summed E-state index contributed by atoms with van der Waals surface area (Å²) in [6.45, 7) is 7.02. The molecule has 19 heavy (non-hydrogen) atoms. The zero-order valence-electron chi connectivity index (χ0n) is 12.3. The summed E-state index contributed by atoms with van der Waals surface area (Å²) in [6.07, 6.45) is 1.86. The molecule has 0 atom stereocenters. The van der Waals surface area contributed by atoms with E-state index in [4.69, 9.17) is 5.73 Å². The van der Waals surface area contributed by atoms with Gasteiger partial charge in [0.05, 0.1) is 17.4 Å². The van der Waals surface area contributed by atoms with Gasteiger partial charge in [-0.15, -0.1) is 0 Å². The van der Waals surface area contributed by atoms with Crippen molar-refractivity contribution in [3.05, 3.63) is 30.1 Å². The molecule has 4 nitrogen and oxygen atoms in total. The van der Waals surface area contributed by atoms with Gasteiger partial charge >= 0.3 is 0 Å². The van der Waals surface area contributed by atoms with Gasteiger partial charge in [0, 0.05) is 20.1 Å². The minimum Gasteiger partial charge on any atom is -0.334 e. The van der Waals surface area contributed by atoms with Gasteiger partial charge in [0.15, 0.2) is 0 Å². The zero-order valence-corrected chi connectivity index (χ0v) is 12.3. The Kier molecular flexibility index (Phi) is 3.92. The van der Waals surface area contributed by atoms with Crippen molar-refractivity contribution in [2.45, 2.75) is 20.4 Å². The fraction of sp³-hybridized carbons (Fsp3) is 0.533. The molecule has 0 bridgehead atoms. The predicted octanol–water partition coefficient (Wildman–Crippen LogP) is 1.99. The lowest BCUT2D eigenvalue weighted by Crippen LogP contribution is -2.36. The highest BCUT2D eigenvalue weighted by Gasteiger charge is 2.18. The second kappa shape index (κ2) is 5.31. The molecule has 0 amide bonds. The van der Waals surface area contributed by atoms with Crippen molar-refractivity contribution in [3.8, 4) is 0 Å². The van der Waals surface area contributed by atoms with Gasteiger partial charge in [-0.05, 0) is 36.7 Å². The number of imidazole rings is 1. The number of hydrogen-bond acceptors (Lipinski definition) is 3. The maximum absolute atomic E-state index is 5.79. The summed E-state index contributed by atoms with van der Waals surface area (Å²) in [5, 5.41) is 0. The number of nitrogens with two attached hydrogens (primary N) is 1. The van der Waals surface area contributed by atoms with Crippen LogP contribution in [0.25, 0.3) is 11.0 Å². The Labute approximate surface area is 115 Å². The summed E-state index contributed by atoms with van der Waals surface area (Å²) in [5.41, 5.74) is 9.47. The molecule has 2 N–H and O–H groups in total. The normalized spacial score (nSPS) is 12.5. The second-order valence-corrected chi connectivity index (χ2v) is 6.22. The predicted molar refractivity (Wildman–Crippen MR) is 79.9 cm³/mol. The quantitative estimate of drug-likeness (QED) is 0.894. The minimum absolute atomic E-state index is 0.157. The summed E-state index contributed by atoms with van der Waals surface area (Å²) in [4.78, 5) is 6.72. The molecule has 0 aliphatic carbocycles. The first-order valence-corrected chi connectivity index (χ1v) is 6.70. The Bertz CT molecular complexity index is 556. The third-order valence-corrected chi connectivity index (χ3v) is 3.49. The lowest BCUT2D eigenvalue weighted by molar-refractivity contribution is 0.210. The highest BCUT2D eigenvalue weighted by atomic mass is 15.1. The number of fused-ring (bicyclic) bond motifs is 1. The van der Waals surface area contributed by atoms with Gasteiger partial charge in [0.25, 0.3) is 0 Å². The van der Waals surface area contributed by atoms with E-state index in [9.17, 15) is 0 Å². The van der Waals surface area contributed by atoms with Crippen molar-refractivity contribution in [1.29, 1.82) is 0 Å². The van der Waals surface area contributed by atoms with E-state index in [1.807, 2.05) is 17.9 Å². The van der Waals surface area contributed by atoms with Crippen molar-refractivity contribution in [2.75, 3.05) is 20.1 Å². The van der Waals surface area contributed by atoms with Crippen molar-refractivity contribution in [2.24, 2.45) is 18.2 Å². The number of aromatic nitrogens is 2. The fourth-order valence-electron chi connectivity index (χ4n) is 2.44. The van der Waals surface area contributed by atoms with Gasteiger partial charge in [-0.2, -0.15) is 0 Å². The molecule has 0 unspecified atom stereocenters. The first-order valence-electron chi connectivity index (χ1n) is 6.70.